The van der Waals surface area contributed by atoms with E-state index in [-0.39, 0.29) is 6.04 Å². The van der Waals surface area contributed by atoms with Crippen LogP contribution in [0.5, 0.6) is 0 Å². The highest BCUT2D eigenvalue weighted by Crippen LogP contribution is 2.33. The highest BCUT2D eigenvalue weighted by atomic mass is 19.4. The molecule has 2 rings (SSSR count). The molecule has 0 saturated heterocycles. The lowest BCUT2D eigenvalue weighted by atomic mass is 9.94. The number of rotatable bonds is 5. The SMILES string of the molecule is CNC1CCCCCC1CN(CC(F)(F)F)C1CC1. The molecule has 2 nitrogen and oxygen atoms in total. The summed E-state index contributed by atoms with van der Waals surface area (Å²) in [6.07, 6.45) is 3.55. The van der Waals surface area contributed by atoms with Crippen molar-refractivity contribution in [3.8, 4) is 0 Å². The van der Waals surface area contributed by atoms with Gasteiger partial charge in [0.15, 0.2) is 0 Å². The Morgan fingerprint density at radius 1 is 1.05 bits per heavy atom. The van der Waals surface area contributed by atoms with Crippen LogP contribution in [0.15, 0.2) is 0 Å². The van der Waals surface area contributed by atoms with E-state index in [1.807, 2.05) is 7.05 Å². The van der Waals surface area contributed by atoms with Crippen LogP contribution in [0.3, 0.4) is 0 Å². The average molecular weight is 278 g/mol. The monoisotopic (exact) mass is 278 g/mol. The maximum atomic E-state index is 12.7. The van der Waals surface area contributed by atoms with E-state index in [1.165, 1.54) is 12.8 Å². The Balaban J connectivity index is 1.94. The Hall–Kier alpha value is -0.290. The first-order valence-corrected chi connectivity index (χ1v) is 7.47. The van der Waals surface area contributed by atoms with Gasteiger partial charge in [0, 0.05) is 18.6 Å². The van der Waals surface area contributed by atoms with Crippen molar-refractivity contribution >= 4 is 0 Å². The minimum atomic E-state index is -4.07. The second-order valence-electron chi connectivity index (χ2n) is 6.07. The maximum absolute atomic E-state index is 12.7. The molecule has 2 fully saturated rings. The molecule has 19 heavy (non-hydrogen) atoms. The predicted octanol–water partition coefficient (Wildman–Crippen LogP) is 3.18. The third kappa shape index (κ3) is 4.95. The molecule has 112 valence electrons. The van der Waals surface area contributed by atoms with Crippen molar-refractivity contribution in [3.05, 3.63) is 0 Å². The van der Waals surface area contributed by atoms with Crippen LogP contribution >= 0.6 is 0 Å². The van der Waals surface area contributed by atoms with E-state index in [1.54, 1.807) is 4.90 Å². The van der Waals surface area contributed by atoms with Gasteiger partial charge >= 0.3 is 6.18 Å². The molecule has 0 amide bonds. The van der Waals surface area contributed by atoms with Crippen LogP contribution < -0.4 is 5.32 Å². The molecule has 1 N–H and O–H groups in total. The highest BCUT2D eigenvalue weighted by Gasteiger charge is 2.39. The number of alkyl halides is 3. The van der Waals surface area contributed by atoms with Crippen LogP contribution in [0.1, 0.15) is 44.9 Å². The van der Waals surface area contributed by atoms with Crippen molar-refractivity contribution in [2.75, 3.05) is 20.1 Å². The number of hydrogen-bond acceptors (Lipinski definition) is 2. The molecule has 2 unspecified atom stereocenters. The Morgan fingerprint density at radius 2 is 1.74 bits per heavy atom. The lowest BCUT2D eigenvalue weighted by Crippen LogP contribution is -2.44. The third-order valence-corrected chi connectivity index (χ3v) is 4.44. The fourth-order valence-corrected chi connectivity index (χ4v) is 3.30. The average Bonchev–Trinajstić information content (AvgIpc) is 3.14. The lowest BCUT2D eigenvalue weighted by Gasteiger charge is -2.32. The van der Waals surface area contributed by atoms with Crippen molar-refractivity contribution in [1.29, 1.82) is 0 Å². The van der Waals surface area contributed by atoms with Crippen molar-refractivity contribution in [3.63, 3.8) is 0 Å². The number of nitrogens with zero attached hydrogens (tertiary/aromatic N) is 1. The summed E-state index contributed by atoms with van der Waals surface area (Å²) in [6, 6.07) is 0.569. The van der Waals surface area contributed by atoms with Crippen LogP contribution in [-0.4, -0.2) is 43.3 Å². The second-order valence-corrected chi connectivity index (χ2v) is 6.07. The van der Waals surface area contributed by atoms with E-state index in [9.17, 15) is 13.2 Å². The lowest BCUT2D eigenvalue weighted by molar-refractivity contribution is -0.148. The maximum Gasteiger partial charge on any atom is 0.401 e. The minimum absolute atomic E-state index is 0.183. The van der Waals surface area contributed by atoms with Gasteiger partial charge in [-0.1, -0.05) is 19.3 Å². The molecule has 0 radical (unpaired) electrons. The van der Waals surface area contributed by atoms with Crippen LogP contribution in [0.4, 0.5) is 13.2 Å². The Kier molecular flexibility index (Phi) is 5.12. The third-order valence-electron chi connectivity index (χ3n) is 4.44. The first-order valence-electron chi connectivity index (χ1n) is 7.47. The summed E-state index contributed by atoms with van der Waals surface area (Å²) in [4.78, 5) is 1.68. The summed E-state index contributed by atoms with van der Waals surface area (Å²) < 4.78 is 38.0. The summed E-state index contributed by atoms with van der Waals surface area (Å²) in [5.74, 6) is 0.371. The van der Waals surface area contributed by atoms with E-state index in [0.29, 0.717) is 18.5 Å². The molecular weight excluding hydrogens is 253 g/mol. The van der Waals surface area contributed by atoms with E-state index < -0.39 is 12.7 Å². The van der Waals surface area contributed by atoms with Crippen LogP contribution in [-0.2, 0) is 0 Å². The zero-order valence-electron chi connectivity index (χ0n) is 11.7. The van der Waals surface area contributed by atoms with Gasteiger partial charge in [0.25, 0.3) is 0 Å². The largest absolute Gasteiger partial charge is 0.401 e. The van der Waals surface area contributed by atoms with E-state index in [2.05, 4.69) is 5.32 Å². The van der Waals surface area contributed by atoms with Gasteiger partial charge < -0.3 is 5.32 Å². The van der Waals surface area contributed by atoms with Crippen molar-refractivity contribution in [1.82, 2.24) is 10.2 Å². The summed E-state index contributed by atoms with van der Waals surface area (Å²) in [5.41, 5.74) is 0. The van der Waals surface area contributed by atoms with Crippen molar-refractivity contribution < 1.29 is 13.2 Å². The van der Waals surface area contributed by atoms with E-state index in [4.69, 9.17) is 0 Å². The molecule has 2 atom stereocenters. The standard InChI is InChI=1S/C14H25F3N2/c1-18-13-6-4-2-3-5-11(13)9-19(12-7-8-12)10-14(15,16)17/h11-13,18H,2-10H2,1H3. The van der Waals surface area contributed by atoms with E-state index >= 15 is 0 Å². The van der Waals surface area contributed by atoms with E-state index in [0.717, 1.165) is 32.1 Å². The fourth-order valence-electron chi connectivity index (χ4n) is 3.30. The first kappa shape index (κ1) is 15.1. The van der Waals surface area contributed by atoms with Crippen molar-refractivity contribution in [2.45, 2.75) is 63.2 Å². The highest BCUT2D eigenvalue weighted by molar-refractivity contribution is 4.89. The number of hydrogen-bond donors (Lipinski definition) is 1. The van der Waals surface area contributed by atoms with Gasteiger partial charge in [0.05, 0.1) is 6.54 Å². The number of halogens is 3. The molecule has 2 aliphatic rings. The van der Waals surface area contributed by atoms with Gasteiger partial charge in [-0.25, -0.2) is 0 Å². The van der Waals surface area contributed by atoms with Gasteiger partial charge in [-0.2, -0.15) is 13.2 Å². The van der Waals surface area contributed by atoms with Crippen LogP contribution in [0.25, 0.3) is 0 Å². The zero-order chi connectivity index (χ0) is 13.9. The normalized spacial score (nSPS) is 29.5. The van der Waals surface area contributed by atoms with Gasteiger partial charge in [0.2, 0.25) is 0 Å². The molecule has 0 aromatic carbocycles. The quantitative estimate of drug-likeness (QED) is 0.777. The Bertz CT molecular complexity index is 276. The molecule has 0 heterocycles. The fraction of sp³-hybridized carbons (Fsp3) is 1.00. The predicted molar refractivity (Wildman–Crippen MR) is 70.1 cm³/mol. The van der Waals surface area contributed by atoms with Crippen LogP contribution in [0, 0.1) is 5.92 Å². The smallest absolute Gasteiger partial charge is 0.317 e. The summed E-state index contributed by atoms with van der Waals surface area (Å²) >= 11 is 0. The van der Waals surface area contributed by atoms with Crippen molar-refractivity contribution in [2.24, 2.45) is 5.92 Å². The molecule has 2 aliphatic carbocycles. The summed E-state index contributed by atoms with van der Waals surface area (Å²) in [5, 5.41) is 3.31. The molecule has 0 aliphatic heterocycles. The minimum Gasteiger partial charge on any atom is -0.317 e. The molecule has 0 aromatic rings. The molecule has 0 spiro atoms. The molecular formula is C14H25F3N2. The second kappa shape index (κ2) is 6.44. The Morgan fingerprint density at radius 3 is 2.32 bits per heavy atom. The summed E-state index contributed by atoms with van der Waals surface area (Å²) in [6.45, 7) is -0.125. The molecule has 0 aromatic heterocycles. The molecule has 0 bridgehead atoms. The van der Waals surface area contributed by atoms with Gasteiger partial charge in [-0.05, 0) is 38.6 Å². The first-order chi connectivity index (χ1) is 8.99. The van der Waals surface area contributed by atoms with Crippen LogP contribution in [0.2, 0.25) is 0 Å². The van der Waals surface area contributed by atoms with Gasteiger partial charge in [0.1, 0.15) is 0 Å². The molecule has 2 saturated carbocycles. The zero-order valence-corrected chi connectivity index (χ0v) is 11.7. The summed E-state index contributed by atoms with van der Waals surface area (Å²) in [7, 11) is 1.94. The number of nitrogens with one attached hydrogen (secondary N) is 1. The molecule has 5 heteroatoms. The topological polar surface area (TPSA) is 15.3 Å². The Labute approximate surface area is 113 Å². The van der Waals surface area contributed by atoms with Gasteiger partial charge in [-0.15, -0.1) is 0 Å². The van der Waals surface area contributed by atoms with Gasteiger partial charge in [-0.3, -0.25) is 4.90 Å².